The molecule has 7 heteroatoms. The quantitative estimate of drug-likeness (QED) is 0.449. The smallest absolute Gasteiger partial charge is 0.243 e. The molecule has 2 aromatic rings. The van der Waals surface area contributed by atoms with Crippen molar-refractivity contribution in [1.29, 1.82) is 0 Å². The van der Waals surface area contributed by atoms with E-state index < -0.39 is 0 Å². The summed E-state index contributed by atoms with van der Waals surface area (Å²) >= 11 is 0. The number of guanidine groups is 1. The molecule has 0 atom stereocenters. The first-order chi connectivity index (χ1) is 15.2. The van der Waals surface area contributed by atoms with Gasteiger partial charge in [-0.25, -0.2) is 0 Å². The Morgan fingerprint density at radius 1 is 1.06 bits per heavy atom. The van der Waals surface area contributed by atoms with Gasteiger partial charge in [0.05, 0.1) is 19.8 Å². The number of anilines is 1. The minimum absolute atomic E-state index is 0.107. The Kier molecular flexibility index (Phi) is 8.87. The van der Waals surface area contributed by atoms with Crippen LogP contribution in [0.1, 0.15) is 23.6 Å². The number of ether oxygens (including phenoxy) is 1. The molecule has 1 aliphatic rings. The number of morpholine rings is 1. The van der Waals surface area contributed by atoms with Gasteiger partial charge in [0, 0.05) is 38.9 Å². The standard InChI is InChI=1S/C24H33N5O2/c1-3-19-7-6-10-22(15-19)28-23(30)17-27-24(25-2)26-16-20-8-4-5-9-21(20)18-29-11-13-31-14-12-29/h4-10,15H,3,11-14,16-18H2,1-2H3,(H,28,30)(H2,25,26,27). The Morgan fingerprint density at radius 2 is 1.84 bits per heavy atom. The van der Waals surface area contributed by atoms with E-state index in [0.717, 1.165) is 45.0 Å². The average Bonchev–Trinajstić information content (AvgIpc) is 2.81. The summed E-state index contributed by atoms with van der Waals surface area (Å²) in [6.07, 6.45) is 0.936. The molecule has 31 heavy (non-hydrogen) atoms. The molecule has 0 unspecified atom stereocenters. The Labute approximate surface area is 184 Å². The van der Waals surface area contributed by atoms with Crippen molar-refractivity contribution in [3.05, 3.63) is 65.2 Å². The van der Waals surface area contributed by atoms with Gasteiger partial charge in [-0.3, -0.25) is 14.7 Å². The summed E-state index contributed by atoms with van der Waals surface area (Å²) in [5.41, 5.74) is 4.52. The number of benzene rings is 2. The van der Waals surface area contributed by atoms with Crippen LogP contribution in [0.25, 0.3) is 0 Å². The van der Waals surface area contributed by atoms with Crippen LogP contribution in [-0.4, -0.2) is 56.7 Å². The number of hydrogen-bond donors (Lipinski definition) is 3. The highest BCUT2D eigenvalue weighted by molar-refractivity contribution is 5.95. The van der Waals surface area contributed by atoms with Crippen molar-refractivity contribution in [2.45, 2.75) is 26.4 Å². The van der Waals surface area contributed by atoms with Crippen LogP contribution in [0.3, 0.4) is 0 Å². The number of carbonyl (C=O) groups excluding carboxylic acids is 1. The van der Waals surface area contributed by atoms with Crippen molar-refractivity contribution in [2.24, 2.45) is 4.99 Å². The van der Waals surface area contributed by atoms with Crippen molar-refractivity contribution in [2.75, 3.05) is 45.2 Å². The molecule has 0 aliphatic carbocycles. The normalized spacial score (nSPS) is 14.8. The lowest BCUT2D eigenvalue weighted by Gasteiger charge is -2.27. The third kappa shape index (κ3) is 7.38. The van der Waals surface area contributed by atoms with Crippen LogP contribution < -0.4 is 16.0 Å². The molecular formula is C24H33N5O2. The Hall–Kier alpha value is -2.90. The van der Waals surface area contributed by atoms with E-state index in [0.29, 0.717) is 12.5 Å². The number of amides is 1. The van der Waals surface area contributed by atoms with Crippen molar-refractivity contribution in [1.82, 2.24) is 15.5 Å². The average molecular weight is 424 g/mol. The first-order valence-electron chi connectivity index (χ1n) is 10.9. The SMILES string of the molecule is CCc1cccc(NC(=O)CNC(=NC)NCc2ccccc2CN2CCOCC2)c1. The van der Waals surface area contributed by atoms with Crippen molar-refractivity contribution >= 4 is 17.6 Å². The number of hydrogen-bond acceptors (Lipinski definition) is 4. The van der Waals surface area contributed by atoms with Crippen LogP contribution in [-0.2, 0) is 29.0 Å². The van der Waals surface area contributed by atoms with Crippen LogP contribution in [0, 0.1) is 0 Å². The lowest BCUT2D eigenvalue weighted by atomic mass is 10.1. The zero-order valence-corrected chi connectivity index (χ0v) is 18.5. The summed E-state index contributed by atoms with van der Waals surface area (Å²) in [6.45, 7) is 7.29. The van der Waals surface area contributed by atoms with Crippen LogP contribution in [0.5, 0.6) is 0 Å². The van der Waals surface area contributed by atoms with E-state index in [1.54, 1.807) is 7.05 Å². The zero-order valence-electron chi connectivity index (χ0n) is 18.5. The van der Waals surface area contributed by atoms with Gasteiger partial charge in [-0.1, -0.05) is 43.3 Å². The van der Waals surface area contributed by atoms with Crippen molar-refractivity contribution in [3.8, 4) is 0 Å². The van der Waals surface area contributed by atoms with Crippen LogP contribution in [0.15, 0.2) is 53.5 Å². The van der Waals surface area contributed by atoms with Gasteiger partial charge in [-0.05, 0) is 35.2 Å². The van der Waals surface area contributed by atoms with Gasteiger partial charge in [-0.15, -0.1) is 0 Å². The first kappa shape index (κ1) is 22.8. The lowest BCUT2D eigenvalue weighted by Crippen LogP contribution is -2.41. The van der Waals surface area contributed by atoms with E-state index in [4.69, 9.17) is 4.74 Å². The molecule has 7 nitrogen and oxygen atoms in total. The predicted molar refractivity (Wildman–Crippen MR) is 125 cm³/mol. The maximum absolute atomic E-state index is 12.3. The molecule has 0 bridgehead atoms. The minimum Gasteiger partial charge on any atom is -0.379 e. The Morgan fingerprint density at radius 3 is 2.58 bits per heavy atom. The molecule has 1 saturated heterocycles. The van der Waals surface area contributed by atoms with E-state index in [2.05, 4.69) is 57.0 Å². The summed E-state index contributed by atoms with van der Waals surface area (Å²) < 4.78 is 5.45. The third-order valence-corrected chi connectivity index (χ3v) is 5.32. The summed E-state index contributed by atoms with van der Waals surface area (Å²) in [7, 11) is 1.71. The van der Waals surface area contributed by atoms with Gasteiger partial charge >= 0.3 is 0 Å². The van der Waals surface area contributed by atoms with Gasteiger partial charge in [-0.2, -0.15) is 0 Å². The van der Waals surface area contributed by atoms with E-state index in [1.165, 1.54) is 16.7 Å². The zero-order chi connectivity index (χ0) is 21.9. The van der Waals surface area contributed by atoms with Gasteiger partial charge in [0.2, 0.25) is 5.91 Å². The summed E-state index contributed by atoms with van der Waals surface area (Å²) in [5, 5.41) is 9.33. The number of aryl methyl sites for hydroxylation is 1. The van der Waals surface area contributed by atoms with Crippen LogP contribution >= 0.6 is 0 Å². The molecule has 166 valence electrons. The van der Waals surface area contributed by atoms with Gasteiger partial charge < -0.3 is 20.7 Å². The first-order valence-corrected chi connectivity index (χ1v) is 10.9. The molecule has 0 aromatic heterocycles. The van der Waals surface area contributed by atoms with E-state index in [-0.39, 0.29) is 12.5 Å². The van der Waals surface area contributed by atoms with Crippen LogP contribution in [0.2, 0.25) is 0 Å². The molecule has 1 heterocycles. The van der Waals surface area contributed by atoms with Crippen LogP contribution in [0.4, 0.5) is 5.69 Å². The van der Waals surface area contributed by atoms with E-state index >= 15 is 0 Å². The second kappa shape index (κ2) is 12.1. The number of rotatable bonds is 8. The molecule has 3 rings (SSSR count). The van der Waals surface area contributed by atoms with Gasteiger partial charge in [0.25, 0.3) is 0 Å². The number of nitrogens with zero attached hydrogens (tertiary/aromatic N) is 2. The highest BCUT2D eigenvalue weighted by Gasteiger charge is 2.13. The Bertz CT molecular complexity index is 878. The molecule has 0 saturated carbocycles. The van der Waals surface area contributed by atoms with E-state index in [1.807, 2.05) is 24.3 Å². The predicted octanol–water partition coefficient (Wildman–Crippen LogP) is 2.38. The molecule has 0 spiro atoms. The molecule has 3 N–H and O–H groups in total. The monoisotopic (exact) mass is 423 g/mol. The minimum atomic E-state index is -0.107. The van der Waals surface area contributed by atoms with Gasteiger partial charge in [0.15, 0.2) is 5.96 Å². The highest BCUT2D eigenvalue weighted by atomic mass is 16.5. The van der Waals surface area contributed by atoms with Gasteiger partial charge in [0.1, 0.15) is 0 Å². The Balaban J connectivity index is 1.48. The molecular weight excluding hydrogens is 390 g/mol. The number of aliphatic imine (C=N–C) groups is 1. The number of carbonyl (C=O) groups is 1. The molecule has 2 aromatic carbocycles. The molecule has 1 fully saturated rings. The fourth-order valence-corrected chi connectivity index (χ4v) is 3.52. The topological polar surface area (TPSA) is 78.0 Å². The largest absolute Gasteiger partial charge is 0.379 e. The molecule has 1 amide bonds. The maximum Gasteiger partial charge on any atom is 0.243 e. The second-order valence-corrected chi connectivity index (χ2v) is 7.54. The molecule has 0 radical (unpaired) electrons. The second-order valence-electron chi connectivity index (χ2n) is 7.54. The lowest BCUT2D eigenvalue weighted by molar-refractivity contribution is -0.115. The maximum atomic E-state index is 12.3. The summed E-state index contributed by atoms with van der Waals surface area (Å²) in [6, 6.07) is 16.3. The third-order valence-electron chi connectivity index (χ3n) is 5.32. The fourth-order valence-electron chi connectivity index (χ4n) is 3.52. The van der Waals surface area contributed by atoms with Crippen molar-refractivity contribution < 1.29 is 9.53 Å². The number of nitrogens with one attached hydrogen (secondary N) is 3. The highest BCUT2D eigenvalue weighted by Crippen LogP contribution is 2.13. The summed E-state index contributed by atoms with van der Waals surface area (Å²) in [4.78, 5) is 19.0. The van der Waals surface area contributed by atoms with E-state index in [9.17, 15) is 4.79 Å². The summed E-state index contributed by atoms with van der Waals surface area (Å²) in [5.74, 6) is 0.488. The fraction of sp³-hybridized carbons (Fsp3) is 0.417. The van der Waals surface area contributed by atoms with Crippen molar-refractivity contribution in [3.63, 3.8) is 0 Å². The molecule has 1 aliphatic heterocycles.